The molecule has 0 bridgehead atoms. The Bertz CT molecular complexity index is 460. The molecule has 0 aromatic carbocycles. The third-order valence-corrected chi connectivity index (χ3v) is 3.38. The topological polar surface area (TPSA) is 71.5 Å². The molecule has 0 spiro atoms. The van der Waals surface area contributed by atoms with Crippen LogP contribution < -0.4 is 5.32 Å². The van der Waals surface area contributed by atoms with Crippen molar-refractivity contribution in [1.29, 1.82) is 0 Å². The summed E-state index contributed by atoms with van der Waals surface area (Å²) in [6.07, 6.45) is 3.48. The summed E-state index contributed by atoms with van der Waals surface area (Å²) in [5.74, 6) is -0.933. The Hall–Kier alpha value is -1.46. The molecule has 1 saturated heterocycles. The highest BCUT2D eigenvalue weighted by molar-refractivity contribution is 5.88. The highest BCUT2D eigenvalue weighted by Gasteiger charge is 2.28. The van der Waals surface area contributed by atoms with Crippen molar-refractivity contribution in [3.05, 3.63) is 29.6 Å². The van der Waals surface area contributed by atoms with Gasteiger partial charge in [0.05, 0.1) is 16.9 Å². The minimum absolute atomic E-state index is 0.115. The number of aromatic carboxylic acids is 1. The second kappa shape index (κ2) is 5.67. The molecule has 1 aliphatic rings. The van der Waals surface area contributed by atoms with E-state index in [4.69, 9.17) is 9.84 Å². The molecule has 1 aromatic heterocycles. The van der Waals surface area contributed by atoms with E-state index in [2.05, 4.69) is 24.1 Å². The summed E-state index contributed by atoms with van der Waals surface area (Å²) in [5, 5.41) is 12.5. The van der Waals surface area contributed by atoms with Crippen LogP contribution in [0.1, 0.15) is 42.7 Å². The normalized spacial score (nSPS) is 22.1. The van der Waals surface area contributed by atoms with Crippen molar-refractivity contribution in [2.75, 3.05) is 6.61 Å². The molecule has 1 aromatic rings. The fourth-order valence-corrected chi connectivity index (χ4v) is 2.42. The third kappa shape index (κ3) is 3.75. The molecule has 2 N–H and O–H groups in total. The van der Waals surface area contributed by atoms with Gasteiger partial charge in [0.25, 0.3) is 0 Å². The van der Waals surface area contributed by atoms with Crippen LogP contribution >= 0.6 is 0 Å². The van der Waals surface area contributed by atoms with E-state index >= 15 is 0 Å². The highest BCUT2D eigenvalue weighted by atomic mass is 16.5. The Kier molecular flexibility index (Phi) is 4.17. The first-order valence-corrected chi connectivity index (χ1v) is 6.52. The minimum atomic E-state index is -0.933. The van der Waals surface area contributed by atoms with Crippen molar-refractivity contribution in [2.24, 2.45) is 0 Å². The molecule has 2 heterocycles. The number of carboxylic acid groups (broad SMARTS) is 1. The molecule has 1 fully saturated rings. The highest BCUT2D eigenvalue weighted by Crippen LogP contribution is 2.24. The predicted molar refractivity (Wildman–Crippen MR) is 71.1 cm³/mol. The van der Waals surface area contributed by atoms with Gasteiger partial charge in [0, 0.05) is 25.4 Å². The van der Waals surface area contributed by atoms with E-state index in [1.165, 1.54) is 0 Å². The zero-order valence-corrected chi connectivity index (χ0v) is 11.3. The van der Waals surface area contributed by atoms with Gasteiger partial charge in [0.1, 0.15) is 0 Å². The van der Waals surface area contributed by atoms with Crippen molar-refractivity contribution < 1.29 is 14.6 Å². The number of aromatic nitrogens is 1. The quantitative estimate of drug-likeness (QED) is 0.868. The van der Waals surface area contributed by atoms with E-state index in [-0.39, 0.29) is 11.2 Å². The summed E-state index contributed by atoms with van der Waals surface area (Å²) in [7, 11) is 0. The van der Waals surface area contributed by atoms with Crippen LogP contribution in [0.3, 0.4) is 0 Å². The summed E-state index contributed by atoms with van der Waals surface area (Å²) in [6, 6.07) is 3.57. The van der Waals surface area contributed by atoms with Gasteiger partial charge in [-0.2, -0.15) is 0 Å². The Morgan fingerprint density at radius 2 is 2.42 bits per heavy atom. The van der Waals surface area contributed by atoms with Crippen LogP contribution in [0.15, 0.2) is 18.3 Å². The molecule has 0 amide bonds. The van der Waals surface area contributed by atoms with Crippen LogP contribution in [0.25, 0.3) is 0 Å². The smallest absolute Gasteiger partial charge is 0.337 e. The van der Waals surface area contributed by atoms with Gasteiger partial charge >= 0.3 is 5.97 Å². The van der Waals surface area contributed by atoms with E-state index in [1.54, 1.807) is 18.3 Å². The Morgan fingerprint density at radius 3 is 3.11 bits per heavy atom. The molecule has 104 valence electrons. The first-order chi connectivity index (χ1) is 8.98. The first-order valence-electron chi connectivity index (χ1n) is 6.52. The van der Waals surface area contributed by atoms with Crippen molar-refractivity contribution >= 4 is 5.97 Å². The van der Waals surface area contributed by atoms with Gasteiger partial charge in [0.15, 0.2) is 0 Å². The van der Waals surface area contributed by atoms with E-state index in [1.807, 2.05) is 0 Å². The maximum atomic E-state index is 11.1. The Balaban J connectivity index is 1.97. The summed E-state index contributed by atoms with van der Waals surface area (Å²) in [6.45, 7) is 5.36. The minimum Gasteiger partial charge on any atom is -0.478 e. The molecule has 5 heteroatoms. The van der Waals surface area contributed by atoms with Crippen LogP contribution in [-0.4, -0.2) is 34.3 Å². The lowest BCUT2D eigenvalue weighted by atomic mass is 9.94. The van der Waals surface area contributed by atoms with Crippen LogP contribution in [0.2, 0.25) is 0 Å². The monoisotopic (exact) mass is 264 g/mol. The fourth-order valence-electron chi connectivity index (χ4n) is 2.42. The molecule has 0 radical (unpaired) electrons. The van der Waals surface area contributed by atoms with Gasteiger partial charge in [-0.3, -0.25) is 4.98 Å². The molecule has 1 unspecified atom stereocenters. The average molecular weight is 264 g/mol. The molecule has 0 aliphatic carbocycles. The van der Waals surface area contributed by atoms with Crippen LogP contribution in [0.5, 0.6) is 0 Å². The number of pyridine rings is 1. The number of carbonyl (C=O) groups is 1. The fraction of sp³-hybridized carbons (Fsp3) is 0.571. The molecule has 0 saturated carbocycles. The lowest BCUT2D eigenvalue weighted by Gasteiger charge is -2.36. The number of hydrogen-bond acceptors (Lipinski definition) is 4. The van der Waals surface area contributed by atoms with Gasteiger partial charge in [-0.25, -0.2) is 4.79 Å². The van der Waals surface area contributed by atoms with Crippen molar-refractivity contribution in [3.63, 3.8) is 0 Å². The Morgan fingerprint density at radius 1 is 1.63 bits per heavy atom. The Labute approximate surface area is 113 Å². The maximum Gasteiger partial charge on any atom is 0.337 e. The number of rotatable bonds is 4. The molecule has 2 rings (SSSR count). The zero-order valence-electron chi connectivity index (χ0n) is 11.3. The average Bonchev–Trinajstić information content (AvgIpc) is 2.35. The number of carboxylic acids is 1. The number of hydrogen-bond donors (Lipinski definition) is 2. The first kappa shape index (κ1) is 14.0. The van der Waals surface area contributed by atoms with Gasteiger partial charge in [-0.05, 0) is 38.8 Å². The van der Waals surface area contributed by atoms with Gasteiger partial charge < -0.3 is 15.2 Å². The second-order valence-electron chi connectivity index (χ2n) is 5.48. The van der Waals surface area contributed by atoms with Crippen molar-refractivity contribution in [2.45, 2.75) is 44.9 Å². The van der Waals surface area contributed by atoms with Crippen molar-refractivity contribution in [1.82, 2.24) is 10.3 Å². The molecular formula is C14H20N2O3. The predicted octanol–water partition coefficient (Wildman–Crippen LogP) is 1.83. The van der Waals surface area contributed by atoms with Gasteiger partial charge in [-0.15, -0.1) is 0 Å². The zero-order chi connectivity index (χ0) is 13.9. The molecule has 1 aliphatic heterocycles. The van der Waals surface area contributed by atoms with Crippen LogP contribution in [0, 0.1) is 0 Å². The third-order valence-electron chi connectivity index (χ3n) is 3.38. The summed E-state index contributed by atoms with van der Waals surface area (Å²) in [5.41, 5.74) is 0.732. The molecule has 5 nitrogen and oxygen atoms in total. The van der Waals surface area contributed by atoms with Gasteiger partial charge in [-0.1, -0.05) is 0 Å². The lowest BCUT2D eigenvalue weighted by molar-refractivity contribution is -0.0631. The van der Waals surface area contributed by atoms with E-state index in [9.17, 15) is 4.79 Å². The van der Waals surface area contributed by atoms with E-state index < -0.39 is 5.97 Å². The lowest BCUT2D eigenvalue weighted by Crippen LogP contribution is -2.43. The molecule has 1 atom stereocenters. The largest absolute Gasteiger partial charge is 0.478 e. The summed E-state index contributed by atoms with van der Waals surface area (Å²) < 4.78 is 5.66. The molecular weight excluding hydrogens is 244 g/mol. The summed E-state index contributed by atoms with van der Waals surface area (Å²) >= 11 is 0. The number of nitrogens with one attached hydrogen (secondary N) is 1. The number of nitrogens with zero attached hydrogens (tertiary/aromatic N) is 1. The second-order valence-corrected chi connectivity index (χ2v) is 5.48. The standard InChI is InChI=1S/C14H20N2O3/c1-14(2)8-10(5-7-19-14)16-9-12-11(13(17)18)4-3-6-15-12/h3-4,6,10,16H,5,7-9H2,1-2H3,(H,17,18). The van der Waals surface area contributed by atoms with Crippen molar-refractivity contribution in [3.8, 4) is 0 Å². The molecule has 19 heavy (non-hydrogen) atoms. The maximum absolute atomic E-state index is 11.1. The SMILES string of the molecule is CC1(C)CC(NCc2ncccc2C(=O)O)CCO1. The van der Waals surface area contributed by atoms with Crippen LogP contribution in [0.4, 0.5) is 0 Å². The van der Waals surface area contributed by atoms with E-state index in [0.29, 0.717) is 18.3 Å². The van der Waals surface area contributed by atoms with Crippen LogP contribution in [-0.2, 0) is 11.3 Å². The van der Waals surface area contributed by atoms with Gasteiger partial charge in [0.2, 0.25) is 0 Å². The van der Waals surface area contributed by atoms with E-state index in [0.717, 1.165) is 19.4 Å². The summed E-state index contributed by atoms with van der Waals surface area (Å²) in [4.78, 5) is 15.2. The number of ether oxygens (including phenoxy) is 1.